The van der Waals surface area contributed by atoms with Crippen molar-refractivity contribution in [2.24, 2.45) is 11.3 Å². The van der Waals surface area contributed by atoms with Gasteiger partial charge in [0, 0.05) is 25.2 Å². The minimum Gasteiger partial charge on any atom is -0.481 e. The topological polar surface area (TPSA) is 40.5 Å². The zero-order valence-electron chi connectivity index (χ0n) is 12.0. The van der Waals surface area contributed by atoms with Crippen molar-refractivity contribution in [1.29, 1.82) is 0 Å². The fraction of sp³-hybridized carbons (Fsp3) is 0.562. The number of carboxylic acid groups (broad SMARTS) is 1. The Bertz CT molecular complexity index is 439. The third kappa shape index (κ3) is 3.49. The second kappa shape index (κ2) is 5.24. The first-order valence-electron chi connectivity index (χ1n) is 6.92. The maximum absolute atomic E-state index is 10.5. The summed E-state index contributed by atoms with van der Waals surface area (Å²) >= 11 is 0. The lowest BCUT2D eigenvalue weighted by molar-refractivity contribution is -0.136. The Hall–Kier alpha value is -1.51. The van der Waals surface area contributed by atoms with Crippen molar-refractivity contribution in [3.05, 3.63) is 29.8 Å². The summed E-state index contributed by atoms with van der Waals surface area (Å²) in [4.78, 5) is 12.9. The largest absolute Gasteiger partial charge is 0.481 e. The predicted molar refractivity (Wildman–Crippen MR) is 77.6 cm³/mol. The molecule has 1 aliphatic heterocycles. The van der Waals surface area contributed by atoms with Crippen molar-refractivity contribution >= 4 is 11.7 Å². The molecule has 3 heteroatoms. The molecular weight excluding hydrogens is 238 g/mol. The summed E-state index contributed by atoms with van der Waals surface area (Å²) in [7, 11) is 0. The van der Waals surface area contributed by atoms with E-state index in [2.05, 4.69) is 37.8 Å². The summed E-state index contributed by atoms with van der Waals surface area (Å²) in [5.41, 5.74) is 2.73. The molecule has 0 bridgehead atoms. The van der Waals surface area contributed by atoms with Crippen LogP contribution in [0.15, 0.2) is 24.3 Å². The Morgan fingerprint density at radius 2 is 1.84 bits per heavy atom. The van der Waals surface area contributed by atoms with Gasteiger partial charge in [0.15, 0.2) is 0 Å². The molecule has 0 unspecified atom stereocenters. The second-order valence-corrected chi connectivity index (χ2v) is 6.53. The average molecular weight is 261 g/mol. The zero-order valence-corrected chi connectivity index (χ0v) is 12.0. The maximum Gasteiger partial charge on any atom is 0.303 e. The lowest BCUT2D eigenvalue weighted by Gasteiger charge is -2.47. The van der Waals surface area contributed by atoms with Gasteiger partial charge in [-0.05, 0) is 35.4 Å². The van der Waals surface area contributed by atoms with Gasteiger partial charge in [0.25, 0.3) is 0 Å². The molecule has 3 nitrogen and oxygen atoms in total. The molecule has 1 heterocycles. The average Bonchev–Trinajstić information content (AvgIpc) is 2.24. The molecule has 1 aliphatic rings. The molecule has 0 amide bonds. The van der Waals surface area contributed by atoms with E-state index in [1.54, 1.807) is 0 Å². The number of carboxylic acids is 1. The Morgan fingerprint density at radius 3 is 2.32 bits per heavy atom. The molecular formula is C16H23NO2. The number of benzene rings is 1. The minimum atomic E-state index is -0.736. The van der Waals surface area contributed by atoms with Gasteiger partial charge in [-0.3, -0.25) is 4.79 Å². The quantitative estimate of drug-likeness (QED) is 0.905. The highest BCUT2D eigenvalue weighted by atomic mass is 16.4. The number of hydrogen-bond donors (Lipinski definition) is 1. The third-order valence-corrected chi connectivity index (χ3v) is 4.04. The van der Waals surface area contributed by atoms with E-state index in [9.17, 15) is 4.79 Å². The lowest BCUT2D eigenvalue weighted by atomic mass is 9.76. The summed E-state index contributed by atoms with van der Waals surface area (Å²) < 4.78 is 0. The normalized spacial score (nSPS) is 16.3. The van der Waals surface area contributed by atoms with Crippen molar-refractivity contribution in [2.45, 2.75) is 33.6 Å². The first kappa shape index (κ1) is 13.9. The van der Waals surface area contributed by atoms with Gasteiger partial charge in [0.05, 0.1) is 0 Å². The van der Waals surface area contributed by atoms with E-state index in [0.29, 0.717) is 11.8 Å². The first-order valence-corrected chi connectivity index (χ1v) is 6.92. The van der Waals surface area contributed by atoms with Crippen LogP contribution in [0.25, 0.3) is 0 Å². The van der Waals surface area contributed by atoms with E-state index in [0.717, 1.165) is 24.6 Å². The van der Waals surface area contributed by atoms with Crippen LogP contribution in [-0.4, -0.2) is 24.2 Å². The molecule has 1 saturated heterocycles. The van der Waals surface area contributed by atoms with Crippen LogP contribution in [0.4, 0.5) is 5.69 Å². The molecule has 1 aromatic rings. The Labute approximate surface area is 115 Å². The SMILES string of the molecule is CC(C)(C)C1CN(c2ccc(CCC(=O)O)cc2)C1. The molecule has 2 rings (SSSR count). The highest BCUT2D eigenvalue weighted by Gasteiger charge is 2.35. The molecule has 0 aliphatic carbocycles. The standard InChI is InChI=1S/C16H23NO2/c1-16(2,3)13-10-17(11-13)14-7-4-12(5-8-14)6-9-15(18)19/h4-5,7-8,13H,6,9-11H2,1-3H3,(H,18,19). The Kier molecular flexibility index (Phi) is 3.83. The van der Waals surface area contributed by atoms with Gasteiger partial charge in [-0.2, -0.15) is 0 Å². The summed E-state index contributed by atoms with van der Waals surface area (Å²) in [6, 6.07) is 8.30. The Balaban J connectivity index is 1.88. The van der Waals surface area contributed by atoms with Crippen LogP contribution in [0, 0.1) is 11.3 Å². The number of aryl methyl sites for hydroxylation is 1. The van der Waals surface area contributed by atoms with Crippen molar-refractivity contribution in [2.75, 3.05) is 18.0 Å². The number of nitrogens with zero attached hydrogens (tertiary/aromatic N) is 1. The Morgan fingerprint density at radius 1 is 1.26 bits per heavy atom. The van der Waals surface area contributed by atoms with Gasteiger partial charge in [0.2, 0.25) is 0 Å². The number of hydrogen-bond acceptors (Lipinski definition) is 2. The van der Waals surface area contributed by atoms with E-state index >= 15 is 0 Å². The van der Waals surface area contributed by atoms with E-state index in [-0.39, 0.29) is 6.42 Å². The maximum atomic E-state index is 10.5. The van der Waals surface area contributed by atoms with Crippen LogP contribution in [0.1, 0.15) is 32.8 Å². The van der Waals surface area contributed by atoms with Crippen LogP contribution in [0.5, 0.6) is 0 Å². The molecule has 0 atom stereocenters. The van der Waals surface area contributed by atoms with E-state index in [4.69, 9.17) is 5.11 Å². The molecule has 0 saturated carbocycles. The third-order valence-electron chi connectivity index (χ3n) is 4.04. The predicted octanol–water partition coefficient (Wildman–Crippen LogP) is 3.19. The molecule has 0 aromatic heterocycles. The van der Waals surface area contributed by atoms with E-state index in [1.165, 1.54) is 5.69 Å². The van der Waals surface area contributed by atoms with Crippen molar-refractivity contribution in [3.8, 4) is 0 Å². The molecule has 0 radical (unpaired) electrons. The summed E-state index contributed by atoms with van der Waals surface area (Å²) in [5, 5.41) is 8.66. The molecule has 104 valence electrons. The van der Waals surface area contributed by atoms with Gasteiger partial charge in [0.1, 0.15) is 0 Å². The molecule has 1 fully saturated rings. The molecule has 19 heavy (non-hydrogen) atoms. The molecule has 1 N–H and O–H groups in total. The monoisotopic (exact) mass is 261 g/mol. The minimum absolute atomic E-state index is 0.204. The highest BCUT2D eigenvalue weighted by Crippen LogP contribution is 2.36. The summed E-state index contributed by atoms with van der Waals surface area (Å²) in [6.45, 7) is 9.13. The van der Waals surface area contributed by atoms with Crippen LogP contribution in [0.2, 0.25) is 0 Å². The second-order valence-electron chi connectivity index (χ2n) is 6.53. The highest BCUT2D eigenvalue weighted by molar-refractivity contribution is 5.67. The van der Waals surface area contributed by atoms with Crippen LogP contribution in [0.3, 0.4) is 0 Å². The number of aliphatic carboxylic acids is 1. The first-order chi connectivity index (χ1) is 8.86. The zero-order chi connectivity index (χ0) is 14.0. The smallest absolute Gasteiger partial charge is 0.303 e. The van der Waals surface area contributed by atoms with Gasteiger partial charge in [-0.25, -0.2) is 0 Å². The van der Waals surface area contributed by atoms with Gasteiger partial charge >= 0.3 is 5.97 Å². The van der Waals surface area contributed by atoms with Crippen LogP contribution < -0.4 is 4.90 Å². The van der Waals surface area contributed by atoms with Crippen molar-refractivity contribution in [3.63, 3.8) is 0 Å². The van der Waals surface area contributed by atoms with Crippen LogP contribution >= 0.6 is 0 Å². The van der Waals surface area contributed by atoms with Gasteiger partial charge in [-0.1, -0.05) is 32.9 Å². The van der Waals surface area contributed by atoms with E-state index < -0.39 is 5.97 Å². The summed E-state index contributed by atoms with van der Waals surface area (Å²) in [6.07, 6.45) is 0.815. The lowest BCUT2D eigenvalue weighted by Crippen LogP contribution is -2.52. The van der Waals surface area contributed by atoms with E-state index in [1.807, 2.05) is 12.1 Å². The molecule has 0 spiro atoms. The fourth-order valence-electron chi connectivity index (χ4n) is 2.36. The fourth-order valence-corrected chi connectivity index (χ4v) is 2.36. The number of carbonyl (C=O) groups is 1. The van der Waals surface area contributed by atoms with Crippen molar-refractivity contribution < 1.29 is 9.90 Å². The summed E-state index contributed by atoms with van der Waals surface area (Å²) in [5.74, 6) is 0.0269. The van der Waals surface area contributed by atoms with Crippen molar-refractivity contribution in [1.82, 2.24) is 0 Å². The van der Waals surface area contributed by atoms with Gasteiger partial charge < -0.3 is 10.0 Å². The molecule has 1 aromatic carbocycles. The van der Waals surface area contributed by atoms with Crippen LogP contribution in [-0.2, 0) is 11.2 Å². The number of rotatable bonds is 4. The van der Waals surface area contributed by atoms with Gasteiger partial charge in [-0.15, -0.1) is 0 Å². The number of anilines is 1.